The third-order valence-electron chi connectivity index (χ3n) is 2.90. The van der Waals surface area contributed by atoms with Gasteiger partial charge in [0.15, 0.2) is 0 Å². The number of fused-ring (bicyclic) bond motifs is 1. The van der Waals surface area contributed by atoms with E-state index >= 15 is 0 Å². The monoisotopic (exact) mass is 231 g/mol. The highest BCUT2D eigenvalue weighted by Crippen LogP contribution is 2.18. The second-order valence-corrected chi connectivity index (χ2v) is 4.25. The molecule has 2 aromatic carbocycles. The van der Waals surface area contributed by atoms with E-state index < -0.39 is 5.91 Å². The average molecular weight is 231 g/mol. The Balaban J connectivity index is 2.22. The molecule has 0 radical (unpaired) electrons. The van der Waals surface area contributed by atoms with Crippen molar-refractivity contribution in [3.63, 3.8) is 0 Å². The summed E-state index contributed by atoms with van der Waals surface area (Å²) < 4.78 is 12.0. The lowest BCUT2D eigenvalue weighted by molar-refractivity contribution is -0.128. The van der Waals surface area contributed by atoms with Crippen molar-refractivity contribution in [1.29, 1.82) is 0 Å². The van der Waals surface area contributed by atoms with Gasteiger partial charge in [-0.15, -0.1) is 4.48 Å². The maximum atomic E-state index is 12.0. The SMILES string of the molecule is C[C@@H](Cc1ccc2ccccc2c1)C(=O)NF. The fourth-order valence-electron chi connectivity index (χ4n) is 1.91. The normalized spacial score (nSPS) is 12.4. The maximum Gasteiger partial charge on any atom is 0.250 e. The van der Waals surface area contributed by atoms with Gasteiger partial charge in [-0.1, -0.05) is 49.4 Å². The Morgan fingerprint density at radius 1 is 1.24 bits per heavy atom. The van der Waals surface area contributed by atoms with Crippen LogP contribution in [0.15, 0.2) is 42.5 Å². The third-order valence-corrected chi connectivity index (χ3v) is 2.90. The van der Waals surface area contributed by atoms with Crippen molar-refractivity contribution in [3.05, 3.63) is 48.0 Å². The van der Waals surface area contributed by atoms with Gasteiger partial charge in [0.05, 0.1) is 0 Å². The summed E-state index contributed by atoms with van der Waals surface area (Å²) in [4.78, 5) is 11.1. The molecular weight excluding hydrogens is 217 g/mol. The summed E-state index contributed by atoms with van der Waals surface area (Å²) in [5, 5.41) is 2.30. The predicted octanol–water partition coefficient (Wildman–Crippen LogP) is 3.02. The molecule has 0 aromatic heterocycles. The van der Waals surface area contributed by atoms with Crippen molar-refractivity contribution >= 4 is 16.7 Å². The van der Waals surface area contributed by atoms with Crippen molar-refractivity contribution in [1.82, 2.24) is 5.54 Å². The number of rotatable bonds is 3. The zero-order valence-electron chi connectivity index (χ0n) is 9.61. The lowest BCUT2D eigenvalue weighted by Gasteiger charge is -2.09. The van der Waals surface area contributed by atoms with Crippen LogP contribution in [0.2, 0.25) is 0 Å². The number of hydrogen-bond acceptors (Lipinski definition) is 1. The van der Waals surface area contributed by atoms with E-state index in [1.807, 2.05) is 42.5 Å². The molecule has 0 bridgehead atoms. The highest BCUT2D eigenvalue weighted by molar-refractivity contribution is 5.83. The molecule has 0 fully saturated rings. The molecule has 17 heavy (non-hydrogen) atoms. The van der Waals surface area contributed by atoms with E-state index in [2.05, 4.69) is 0 Å². The van der Waals surface area contributed by atoms with E-state index in [-0.39, 0.29) is 5.92 Å². The lowest BCUT2D eigenvalue weighted by atomic mass is 9.98. The van der Waals surface area contributed by atoms with Gasteiger partial charge in [-0.3, -0.25) is 4.79 Å². The lowest BCUT2D eigenvalue weighted by Crippen LogP contribution is -2.23. The maximum absolute atomic E-state index is 12.0. The summed E-state index contributed by atoms with van der Waals surface area (Å²) in [6.45, 7) is 1.71. The average Bonchev–Trinajstić information content (AvgIpc) is 2.37. The fourth-order valence-corrected chi connectivity index (χ4v) is 1.91. The van der Waals surface area contributed by atoms with Crippen LogP contribution in [-0.4, -0.2) is 5.91 Å². The van der Waals surface area contributed by atoms with Gasteiger partial charge in [0.2, 0.25) is 0 Å². The zero-order chi connectivity index (χ0) is 12.3. The van der Waals surface area contributed by atoms with Crippen LogP contribution in [0.1, 0.15) is 12.5 Å². The van der Waals surface area contributed by atoms with E-state index in [0.717, 1.165) is 10.9 Å². The smallest absolute Gasteiger partial charge is 0.250 e. The molecule has 1 atom stereocenters. The number of benzene rings is 2. The molecule has 0 aliphatic carbocycles. The van der Waals surface area contributed by atoms with Gasteiger partial charge in [0.25, 0.3) is 5.91 Å². The minimum atomic E-state index is -0.571. The molecule has 0 aliphatic heterocycles. The standard InChI is InChI=1S/C14H14FNO/c1-10(14(17)16-15)8-11-6-7-12-4-2-3-5-13(12)9-11/h2-7,9-10H,8H2,1H3,(H,16,17)/t10-/m0/s1. The van der Waals surface area contributed by atoms with Gasteiger partial charge < -0.3 is 0 Å². The fraction of sp³-hybridized carbons (Fsp3) is 0.214. The quantitative estimate of drug-likeness (QED) is 0.808. The summed E-state index contributed by atoms with van der Waals surface area (Å²) in [6.07, 6.45) is 0.542. The molecule has 1 N–H and O–H groups in total. The molecule has 2 nitrogen and oxygen atoms in total. The van der Waals surface area contributed by atoms with Gasteiger partial charge in [0.1, 0.15) is 0 Å². The van der Waals surface area contributed by atoms with Crippen LogP contribution in [0.4, 0.5) is 4.48 Å². The third kappa shape index (κ3) is 2.61. The van der Waals surface area contributed by atoms with E-state index in [1.165, 1.54) is 10.9 Å². The molecule has 2 aromatic rings. The first kappa shape index (κ1) is 11.6. The van der Waals surface area contributed by atoms with E-state index in [0.29, 0.717) is 6.42 Å². The minimum Gasteiger partial charge on any atom is -0.272 e. The Morgan fingerprint density at radius 3 is 2.65 bits per heavy atom. The highest BCUT2D eigenvalue weighted by Gasteiger charge is 2.13. The van der Waals surface area contributed by atoms with Gasteiger partial charge in [-0.2, -0.15) is 5.54 Å². The molecule has 0 spiro atoms. The van der Waals surface area contributed by atoms with E-state index in [1.54, 1.807) is 6.92 Å². The van der Waals surface area contributed by atoms with Crippen molar-refractivity contribution in [3.8, 4) is 0 Å². The number of carbonyl (C=O) groups is 1. The Labute approximate surface area is 99.4 Å². The van der Waals surface area contributed by atoms with Crippen LogP contribution in [0, 0.1) is 5.92 Å². The topological polar surface area (TPSA) is 29.1 Å². The van der Waals surface area contributed by atoms with E-state index in [4.69, 9.17) is 0 Å². The molecule has 0 heterocycles. The van der Waals surface area contributed by atoms with Crippen LogP contribution in [-0.2, 0) is 11.2 Å². The Bertz CT molecular complexity index is 538. The molecule has 2 rings (SSSR count). The minimum absolute atomic E-state index is 0.360. The number of amides is 1. The molecule has 0 saturated carbocycles. The Kier molecular flexibility index (Phi) is 3.38. The molecule has 0 saturated heterocycles. The van der Waals surface area contributed by atoms with Gasteiger partial charge in [0, 0.05) is 5.92 Å². The van der Waals surface area contributed by atoms with Gasteiger partial charge >= 0.3 is 0 Å². The Hall–Kier alpha value is -1.90. The summed E-state index contributed by atoms with van der Waals surface area (Å²) in [6, 6.07) is 14.1. The molecule has 0 unspecified atom stereocenters. The summed E-state index contributed by atoms with van der Waals surface area (Å²) >= 11 is 0. The van der Waals surface area contributed by atoms with Crippen molar-refractivity contribution in [2.45, 2.75) is 13.3 Å². The first-order valence-electron chi connectivity index (χ1n) is 5.59. The molecule has 3 heteroatoms. The first-order chi connectivity index (χ1) is 8.20. The van der Waals surface area contributed by atoms with Crippen LogP contribution in [0.5, 0.6) is 0 Å². The number of halogens is 1. The van der Waals surface area contributed by atoms with Crippen LogP contribution in [0.3, 0.4) is 0 Å². The molecular formula is C14H14FNO. The van der Waals surface area contributed by atoms with Crippen LogP contribution < -0.4 is 5.54 Å². The van der Waals surface area contributed by atoms with Gasteiger partial charge in [-0.05, 0) is 22.8 Å². The Morgan fingerprint density at radius 2 is 1.94 bits per heavy atom. The summed E-state index contributed by atoms with van der Waals surface area (Å²) in [5.74, 6) is -0.931. The number of nitrogens with one attached hydrogen (secondary N) is 1. The largest absolute Gasteiger partial charge is 0.272 e. The van der Waals surface area contributed by atoms with Crippen molar-refractivity contribution < 1.29 is 9.28 Å². The summed E-state index contributed by atoms with van der Waals surface area (Å²) in [7, 11) is 0. The van der Waals surface area contributed by atoms with Crippen LogP contribution >= 0.6 is 0 Å². The second kappa shape index (κ2) is 4.95. The van der Waals surface area contributed by atoms with Gasteiger partial charge in [-0.25, -0.2) is 0 Å². The molecule has 1 amide bonds. The zero-order valence-corrected chi connectivity index (χ0v) is 9.61. The van der Waals surface area contributed by atoms with Crippen molar-refractivity contribution in [2.75, 3.05) is 0 Å². The van der Waals surface area contributed by atoms with Crippen molar-refractivity contribution in [2.24, 2.45) is 5.92 Å². The van der Waals surface area contributed by atoms with Crippen LogP contribution in [0.25, 0.3) is 10.8 Å². The number of hydrogen-bond donors (Lipinski definition) is 1. The summed E-state index contributed by atoms with van der Waals surface area (Å²) in [5.41, 5.74) is 2.22. The molecule has 0 aliphatic rings. The second-order valence-electron chi connectivity index (χ2n) is 4.25. The highest BCUT2D eigenvalue weighted by atomic mass is 19.2. The molecule has 88 valence electrons. The number of carbonyl (C=O) groups excluding carboxylic acids is 1. The van der Waals surface area contributed by atoms with E-state index in [9.17, 15) is 9.28 Å². The predicted molar refractivity (Wildman–Crippen MR) is 66.1 cm³/mol. The first-order valence-corrected chi connectivity index (χ1v) is 5.59.